The van der Waals surface area contributed by atoms with E-state index in [0.717, 1.165) is 12.1 Å². The van der Waals surface area contributed by atoms with Crippen LogP contribution in [0, 0.1) is 11.6 Å². The zero-order valence-corrected chi connectivity index (χ0v) is 11.4. The Morgan fingerprint density at radius 1 is 1.14 bits per heavy atom. The normalized spacial score (nSPS) is 10.2. The summed E-state index contributed by atoms with van der Waals surface area (Å²) < 4.78 is 26.0. The van der Waals surface area contributed by atoms with Crippen molar-refractivity contribution in [1.29, 1.82) is 0 Å². The first-order chi connectivity index (χ1) is 10.0. The number of halogens is 2. The van der Waals surface area contributed by atoms with Crippen molar-refractivity contribution in [2.75, 3.05) is 18.1 Å². The molecule has 0 spiro atoms. The fourth-order valence-electron chi connectivity index (χ4n) is 1.89. The molecule has 0 radical (unpaired) electrons. The van der Waals surface area contributed by atoms with E-state index in [4.69, 9.17) is 5.73 Å². The molecule has 0 aliphatic carbocycles. The predicted molar refractivity (Wildman–Crippen MR) is 77.9 cm³/mol. The molecule has 0 aliphatic heterocycles. The summed E-state index contributed by atoms with van der Waals surface area (Å²) in [5.74, 6) is -2.06. The molecule has 2 aromatic rings. The standard InChI is InChI=1S/C15H15F2N3O/c1-19-15(21)11-4-3-10(18)7-14(11)20-8-9-2-5-12(16)13(17)6-9/h2-7,20H,8,18H2,1H3,(H,19,21). The van der Waals surface area contributed by atoms with Gasteiger partial charge in [-0.15, -0.1) is 0 Å². The molecule has 0 heterocycles. The first-order valence-electron chi connectivity index (χ1n) is 6.30. The number of nitrogens with two attached hydrogens (primary N) is 1. The minimum Gasteiger partial charge on any atom is -0.399 e. The van der Waals surface area contributed by atoms with Crippen LogP contribution >= 0.6 is 0 Å². The van der Waals surface area contributed by atoms with Crippen LogP contribution < -0.4 is 16.4 Å². The monoisotopic (exact) mass is 291 g/mol. The average molecular weight is 291 g/mol. The van der Waals surface area contributed by atoms with Crippen molar-refractivity contribution >= 4 is 17.3 Å². The van der Waals surface area contributed by atoms with E-state index in [9.17, 15) is 13.6 Å². The van der Waals surface area contributed by atoms with Gasteiger partial charge in [0, 0.05) is 25.0 Å². The SMILES string of the molecule is CNC(=O)c1ccc(N)cc1NCc1ccc(F)c(F)c1. The van der Waals surface area contributed by atoms with E-state index in [-0.39, 0.29) is 12.5 Å². The van der Waals surface area contributed by atoms with E-state index in [0.29, 0.717) is 22.5 Å². The quantitative estimate of drug-likeness (QED) is 0.758. The fourth-order valence-corrected chi connectivity index (χ4v) is 1.89. The van der Waals surface area contributed by atoms with Gasteiger partial charge in [0.15, 0.2) is 11.6 Å². The lowest BCUT2D eigenvalue weighted by Crippen LogP contribution is -2.19. The fraction of sp³-hybridized carbons (Fsp3) is 0.133. The number of carbonyl (C=O) groups excluding carboxylic acids is 1. The van der Waals surface area contributed by atoms with Crippen LogP contribution in [0.3, 0.4) is 0 Å². The molecule has 110 valence electrons. The van der Waals surface area contributed by atoms with Gasteiger partial charge in [0.1, 0.15) is 0 Å². The molecular formula is C15H15F2N3O. The Labute approximate surface area is 121 Å². The maximum Gasteiger partial charge on any atom is 0.253 e. The van der Waals surface area contributed by atoms with Crippen LogP contribution in [0.25, 0.3) is 0 Å². The van der Waals surface area contributed by atoms with Crippen molar-refractivity contribution < 1.29 is 13.6 Å². The number of hydrogen-bond acceptors (Lipinski definition) is 3. The van der Waals surface area contributed by atoms with Crippen molar-refractivity contribution in [2.45, 2.75) is 6.54 Å². The second-order valence-electron chi connectivity index (χ2n) is 4.49. The van der Waals surface area contributed by atoms with Gasteiger partial charge in [-0.2, -0.15) is 0 Å². The molecule has 4 nitrogen and oxygen atoms in total. The molecule has 4 N–H and O–H groups in total. The second kappa shape index (κ2) is 6.21. The van der Waals surface area contributed by atoms with Crippen LogP contribution in [0.1, 0.15) is 15.9 Å². The number of rotatable bonds is 4. The Morgan fingerprint density at radius 2 is 1.90 bits per heavy atom. The van der Waals surface area contributed by atoms with Crippen molar-refractivity contribution in [2.24, 2.45) is 0 Å². The number of benzene rings is 2. The summed E-state index contributed by atoms with van der Waals surface area (Å²) in [6, 6.07) is 8.47. The van der Waals surface area contributed by atoms with Gasteiger partial charge in [0.2, 0.25) is 0 Å². The van der Waals surface area contributed by atoms with E-state index >= 15 is 0 Å². The highest BCUT2D eigenvalue weighted by Crippen LogP contribution is 2.20. The van der Waals surface area contributed by atoms with Gasteiger partial charge in [-0.25, -0.2) is 8.78 Å². The van der Waals surface area contributed by atoms with E-state index in [1.54, 1.807) is 18.2 Å². The Balaban J connectivity index is 2.20. The summed E-state index contributed by atoms with van der Waals surface area (Å²) in [7, 11) is 1.53. The van der Waals surface area contributed by atoms with E-state index in [1.165, 1.54) is 13.1 Å². The van der Waals surface area contributed by atoms with Crippen molar-refractivity contribution in [1.82, 2.24) is 5.32 Å². The maximum absolute atomic E-state index is 13.1. The van der Waals surface area contributed by atoms with Gasteiger partial charge in [-0.05, 0) is 35.9 Å². The van der Waals surface area contributed by atoms with Gasteiger partial charge < -0.3 is 16.4 Å². The summed E-state index contributed by atoms with van der Waals surface area (Å²) in [6.45, 7) is 0.241. The maximum atomic E-state index is 13.1. The molecule has 2 aromatic carbocycles. The topological polar surface area (TPSA) is 67.2 Å². The summed E-state index contributed by atoms with van der Waals surface area (Å²) in [4.78, 5) is 11.8. The van der Waals surface area contributed by atoms with Crippen LogP contribution in [0.15, 0.2) is 36.4 Å². The van der Waals surface area contributed by atoms with Gasteiger partial charge in [-0.1, -0.05) is 6.07 Å². The lowest BCUT2D eigenvalue weighted by Gasteiger charge is -2.12. The molecule has 6 heteroatoms. The number of hydrogen-bond donors (Lipinski definition) is 3. The van der Waals surface area contributed by atoms with Crippen molar-refractivity contribution in [3.05, 3.63) is 59.2 Å². The molecule has 0 fully saturated rings. The summed E-state index contributed by atoms with van der Waals surface area (Å²) in [6.07, 6.45) is 0. The van der Waals surface area contributed by atoms with Crippen LogP contribution in [0.2, 0.25) is 0 Å². The van der Waals surface area contributed by atoms with Crippen molar-refractivity contribution in [3.63, 3.8) is 0 Å². The van der Waals surface area contributed by atoms with E-state index in [1.807, 2.05) is 0 Å². The molecule has 0 aliphatic rings. The molecule has 0 saturated heterocycles. The molecular weight excluding hydrogens is 276 g/mol. The van der Waals surface area contributed by atoms with Crippen LogP contribution in [0.5, 0.6) is 0 Å². The van der Waals surface area contributed by atoms with Crippen LogP contribution in [-0.4, -0.2) is 13.0 Å². The van der Waals surface area contributed by atoms with Gasteiger partial charge in [0.05, 0.1) is 5.56 Å². The Hall–Kier alpha value is -2.63. The van der Waals surface area contributed by atoms with Gasteiger partial charge >= 0.3 is 0 Å². The Kier molecular flexibility index (Phi) is 4.37. The zero-order valence-electron chi connectivity index (χ0n) is 11.4. The van der Waals surface area contributed by atoms with Gasteiger partial charge in [-0.3, -0.25) is 4.79 Å². The molecule has 0 bridgehead atoms. The number of anilines is 2. The summed E-state index contributed by atoms with van der Waals surface area (Å²) in [5, 5.41) is 5.53. The summed E-state index contributed by atoms with van der Waals surface area (Å²) in [5.41, 5.74) is 7.70. The van der Waals surface area contributed by atoms with Crippen LogP contribution in [0.4, 0.5) is 20.2 Å². The molecule has 1 amide bonds. The molecule has 0 unspecified atom stereocenters. The Bertz CT molecular complexity index is 674. The highest BCUT2D eigenvalue weighted by atomic mass is 19.2. The third-order valence-electron chi connectivity index (χ3n) is 2.98. The number of nitrogens with one attached hydrogen (secondary N) is 2. The largest absolute Gasteiger partial charge is 0.399 e. The van der Waals surface area contributed by atoms with Crippen molar-refractivity contribution in [3.8, 4) is 0 Å². The second-order valence-corrected chi connectivity index (χ2v) is 4.49. The number of amides is 1. The molecule has 0 saturated carbocycles. The lowest BCUT2D eigenvalue weighted by molar-refractivity contribution is 0.0964. The van der Waals surface area contributed by atoms with Crippen LogP contribution in [-0.2, 0) is 6.54 Å². The molecule has 21 heavy (non-hydrogen) atoms. The smallest absolute Gasteiger partial charge is 0.253 e. The zero-order chi connectivity index (χ0) is 15.4. The average Bonchev–Trinajstić information content (AvgIpc) is 2.48. The molecule has 0 atom stereocenters. The Morgan fingerprint density at radius 3 is 2.57 bits per heavy atom. The van der Waals surface area contributed by atoms with E-state index in [2.05, 4.69) is 10.6 Å². The first-order valence-corrected chi connectivity index (χ1v) is 6.30. The molecule has 0 aromatic heterocycles. The number of nitrogen functional groups attached to an aromatic ring is 1. The highest BCUT2D eigenvalue weighted by molar-refractivity contribution is 6.00. The highest BCUT2D eigenvalue weighted by Gasteiger charge is 2.10. The minimum absolute atomic E-state index is 0.241. The third-order valence-corrected chi connectivity index (χ3v) is 2.98. The summed E-state index contributed by atoms with van der Waals surface area (Å²) >= 11 is 0. The third kappa shape index (κ3) is 3.47. The lowest BCUT2D eigenvalue weighted by atomic mass is 10.1. The predicted octanol–water partition coefficient (Wildman–Crippen LogP) is 2.52. The van der Waals surface area contributed by atoms with E-state index < -0.39 is 11.6 Å². The minimum atomic E-state index is -0.909. The first kappa shape index (κ1) is 14.8. The van der Waals surface area contributed by atoms with Gasteiger partial charge in [0.25, 0.3) is 5.91 Å². The molecule has 2 rings (SSSR count). The number of carbonyl (C=O) groups is 1.